The van der Waals surface area contributed by atoms with Crippen LogP contribution in [0.15, 0.2) is 48.9 Å². The fourth-order valence-corrected chi connectivity index (χ4v) is 2.64. The zero-order valence-electron chi connectivity index (χ0n) is 11.6. The molecule has 0 fully saturated rings. The first-order valence-electron chi connectivity index (χ1n) is 6.59. The van der Waals surface area contributed by atoms with Crippen LogP contribution in [0.2, 0.25) is 0 Å². The van der Waals surface area contributed by atoms with Gasteiger partial charge in [0.05, 0.1) is 11.4 Å². The molecule has 0 aliphatic heterocycles. The molecule has 0 aromatic carbocycles. The number of amides is 1. The lowest BCUT2D eigenvalue weighted by atomic mass is 10.2. The Morgan fingerprint density at radius 2 is 2.00 bits per heavy atom. The second-order valence-corrected chi connectivity index (χ2v) is 5.30. The summed E-state index contributed by atoms with van der Waals surface area (Å²) in [6.45, 7) is 0.414. The molecule has 6 nitrogen and oxygen atoms in total. The van der Waals surface area contributed by atoms with Crippen LogP contribution in [0.3, 0.4) is 0 Å². The molecule has 1 amide bonds. The van der Waals surface area contributed by atoms with Gasteiger partial charge >= 0.3 is 0 Å². The van der Waals surface area contributed by atoms with Crippen molar-refractivity contribution >= 4 is 23.1 Å². The molecule has 0 atom stereocenters. The summed E-state index contributed by atoms with van der Waals surface area (Å²) in [5.41, 5.74) is 8.57. The van der Waals surface area contributed by atoms with Crippen LogP contribution in [0.25, 0.3) is 11.4 Å². The highest BCUT2D eigenvalue weighted by molar-refractivity contribution is 7.09. The van der Waals surface area contributed by atoms with E-state index in [-0.39, 0.29) is 5.91 Å². The summed E-state index contributed by atoms with van der Waals surface area (Å²) in [6, 6.07) is 9.16. The Balaban J connectivity index is 1.75. The van der Waals surface area contributed by atoms with Gasteiger partial charge in [-0.1, -0.05) is 6.07 Å². The van der Waals surface area contributed by atoms with Gasteiger partial charge in [0.2, 0.25) is 0 Å². The predicted octanol–water partition coefficient (Wildman–Crippen LogP) is 2.11. The minimum Gasteiger partial charge on any atom is -0.396 e. The SMILES string of the molecule is Nc1c(-c2ccccn2)nsc1C(=O)NCc1ccncc1. The van der Waals surface area contributed by atoms with Gasteiger partial charge in [0.25, 0.3) is 5.91 Å². The van der Waals surface area contributed by atoms with Gasteiger partial charge in [0, 0.05) is 25.1 Å². The number of nitrogens with one attached hydrogen (secondary N) is 1. The van der Waals surface area contributed by atoms with Crippen molar-refractivity contribution in [3.05, 3.63) is 59.4 Å². The Kier molecular flexibility index (Phi) is 4.06. The van der Waals surface area contributed by atoms with E-state index >= 15 is 0 Å². The van der Waals surface area contributed by atoms with Gasteiger partial charge in [-0.3, -0.25) is 14.8 Å². The summed E-state index contributed by atoms with van der Waals surface area (Å²) in [7, 11) is 0. The summed E-state index contributed by atoms with van der Waals surface area (Å²) in [4.78, 5) is 20.8. The predicted molar refractivity (Wildman–Crippen MR) is 85.2 cm³/mol. The smallest absolute Gasteiger partial charge is 0.265 e. The third kappa shape index (κ3) is 2.94. The normalized spacial score (nSPS) is 10.4. The van der Waals surface area contributed by atoms with Gasteiger partial charge in [-0.25, -0.2) is 0 Å². The number of nitrogens with zero attached hydrogens (tertiary/aromatic N) is 3. The van der Waals surface area contributed by atoms with Crippen molar-refractivity contribution in [3.8, 4) is 11.4 Å². The third-order valence-corrected chi connectivity index (χ3v) is 3.91. The fraction of sp³-hybridized carbons (Fsp3) is 0.0667. The summed E-state index contributed by atoms with van der Waals surface area (Å²) >= 11 is 1.07. The van der Waals surface area contributed by atoms with E-state index in [1.807, 2.05) is 30.3 Å². The molecule has 3 rings (SSSR count). The summed E-state index contributed by atoms with van der Waals surface area (Å²) < 4.78 is 4.25. The van der Waals surface area contributed by atoms with Crippen molar-refractivity contribution in [1.29, 1.82) is 0 Å². The number of aromatic nitrogens is 3. The number of carbonyl (C=O) groups is 1. The van der Waals surface area contributed by atoms with Crippen molar-refractivity contribution in [1.82, 2.24) is 19.7 Å². The minimum absolute atomic E-state index is 0.242. The molecule has 3 aromatic rings. The average molecular weight is 311 g/mol. The number of anilines is 1. The van der Waals surface area contributed by atoms with Crippen molar-refractivity contribution < 1.29 is 4.79 Å². The van der Waals surface area contributed by atoms with E-state index in [4.69, 9.17) is 5.73 Å². The number of hydrogen-bond donors (Lipinski definition) is 2. The van der Waals surface area contributed by atoms with Gasteiger partial charge in [-0.05, 0) is 41.4 Å². The zero-order chi connectivity index (χ0) is 15.4. The molecule has 3 heterocycles. The lowest BCUT2D eigenvalue weighted by Gasteiger charge is -2.04. The van der Waals surface area contributed by atoms with Crippen LogP contribution < -0.4 is 11.1 Å². The van der Waals surface area contributed by atoms with Crippen LogP contribution in [0.4, 0.5) is 5.69 Å². The maximum absolute atomic E-state index is 12.2. The molecule has 0 saturated heterocycles. The molecule has 0 radical (unpaired) electrons. The van der Waals surface area contributed by atoms with E-state index in [1.54, 1.807) is 18.6 Å². The monoisotopic (exact) mass is 311 g/mol. The van der Waals surface area contributed by atoms with E-state index in [1.165, 1.54) is 0 Å². The zero-order valence-corrected chi connectivity index (χ0v) is 12.4. The van der Waals surface area contributed by atoms with Crippen molar-refractivity contribution in [2.24, 2.45) is 0 Å². The van der Waals surface area contributed by atoms with Gasteiger partial charge < -0.3 is 11.1 Å². The Hall–Kier alpha value is -2.80. The number of nitrogens with two attached hydrogens (primary N) is 1. The molecule has 3 N–H and O–H groups in total. The van der Waals surface area contributed by atoms with E-state index in [2.05, 4.69) is 19.7 Å². The maximum atomic E-state index is 12.2. The highest BCUT2D eigenvalue weighted by Gasteiger charge is 2.18. The molecular formula is C15H13N5OS. The van der Waals surface area contributed by atoms with Crippen LogP contribution in [-0.2, 0) is 6.54 Å². The van der Waals surface area contributed by atoms with Crippen LogP contribution in [-0.4, -0.2) is 20.2 Å². The molecule has 110 valence electrons. The lowest BCUT2D eigenvalue weighted by Crippen LogP contribution is -2.22. The summed E-state index contributed by atoms with van der Waals surface area (Å²) in [5, 5.41) is 2.82. The molecule has 7 heteroatoms. The number of nitrogen functional groups attached to an aromatic ring is 1. The van der Waals surface area contributed by atoms with Crippen LogP contribution >= 0.6 is 11.5 Å². The topological polar surface area (TPSA) is 93.8 Å². The van der Waals surface area contributed by atoms with Gasteiger partial charge in [0.15, 0.2) is 0 Å². The molecule has 0 aliphatic rings. The van der Waals surface area contributed by atoms with E-state index < -0.39 is 0 Å². The first-order valence-corrected chi connectivity index (χ1v) is 7.36. The lowest BCUT2D eigenvalue weighted by molar-refractivity contribution is 0.0956. The van der Waals surface area contributed by atoms with E-state index in [9.17, 15) is 4.79 Å². The van der Waals surface area contributed by atoms with Crippen molar-refractivity contribution in [3.63, 3.8) is 0 Å². The quantitative estimate of drug-likeness (QED) is 0.769. The highest BCUT2D eigenvalue weighted by Crippen LogP contribution is 2.29. The second-order valence-electron chi connectivity index (χ2n) is 4.53. The molecule has 0 spiro atoms. The van der Waals surface area contributed by atoms with Gasteiger partial charge in [0.1, 0.15) is 10.6 Å². The van der Waals surface area contributed by atoms with Crippen LogP contribution in [0.1, 0.15) is 15.2 Å². The molecule has 0 saturated carbocycles. The minimum atomic E-state index is -0.242. The molecule has 3 aromatic heterocycles. The average Bonchev–Trinajstić information content (AvgIpc) is 2.96. The maximum Gasteiger partial charge on any atom is 0.265 e. The highest BCUT2D eigenvalue weighted by atomic mass is 32.1. The molecule has 0 unspecified atom stereocenters. The van der Waals surface area contributed by atoms with Crippen molar-refractivity contribution in [2.75, 3.05) is 5.73 Å². The first kappa shape index (κ1) is 14.2. The van der Waals surface area contributed by atoms with Gasteiger partial charge in [-0.15, -0.1) is 0 Å². The Labute approximate surface area is 131 Å². The number of hydrogen-bond acceptors (Lipinski definition) is 6. The summed E-state index contributed by atoms with van der Waals surface area (Å²) in [6.07, 6.45) is 5.03. The van der Waals surface area contributed by atoms with Crippen molar-refractivity contribution in [2.45, 2.75) is 6.54 Å². The Morgan fingerprint density at radius 3 is 2.73 bits per heavy atom. The molecule has 0 aliphatic carbocycles. The number of pyridine rings is 2. The molecular weight excluding hydrogens is 298 g/mol. The number of rotatable bonds is 4. The van der Waals surface area contributed by atoms with Gasteiger partial charge in [-0.2, -0.15) is 4.37 Å². The van der Waals surface area contributed by atoms with Crippen LogP contribution in [0.5, 0.6) is 0 Å². The second kappa shape index (κ2) is 6.31. The summed E-state index contributed by atoms with van der Waals surface area (Å²) in [5.74, 6) is -0.242. The molecule has 22 heavy (non-hydrogen) atoms. The first-order chi connectivity index (χ1) is 10.8. The van der Waals surface area contributed by atoms with E-state index in [0.717, 1.165) is 17.1 Å². The Bertz CT molecular complexity index is 773. The van der Waals surface area contributed by atoms with Crippen LogP contribution in [0, 0.1) is 0 Å². The Morgan fingerprint density at radius 1 is 1.18 bits per heavy atom. The van der Waals surface area contributed by atoms with E-state index in [0.29, 0.717) is 28.5 Å². The third-order valence-electron chi connectivity index (χ3n) is 3.04. The molecule has 0 bridgehead atoms. The largest absolute Gasteiger partial charge is 0.396 e. The number of carbonyl (C=O) groups excluding carboxylic acids is 1. The fourth-order valence-electron chi connectivity index (χ4n) is 1.91. The standard InChI is InChI=1S/C15H13N5OS/c16-12-13(11-3-1-2-6-18-11)20-22-14(12)15(21)19-9-10-4-7-17-8-5-10/h1-8H,9,16H2,(H,19,21).